The molecule has 0 bridgehead atoms. The van der Waals surface area contributed by atoms with Crippen LogP contribution >= 0.6 is 0 Å². The first-order valence-corrected chi connectivity index (χ1v) is 10.8. The van der Waals surface area contributed by atoms with Crippen LogP contribution in [0.15, 0.2) is 53.8 Å². The van der Waals surface area contributed by atoms with Crippen molar-refractivity contribution in [2.24, 2.45) is 5.92 Å². The van der Waals surface area contributed by atoms with E-state index in [0.29, 0.717) is 18.1 Å². The van der Waals surface area contributed by atoms with Gasteiger partial charge in [-0.25, -0.2) is 0 Å². The number of fused-ring (bicyclic) bond motifs is 1. The van der Waals surface area contributed by atoms with Gasteiger partial charge in [0.2, 0.25) is 0 Å². The number of unbranched alkanes of at least 4 members (excludes halogenated alkanes) is 1. The number of carbonyl (C=O) groups excluding carboxylic acids is 1. The maximum Gasteiger partial charge on any atom is 0.164 e. The second kappa shape index (κ2) is 7.49. The number of hydrogen-bond acceptors (Lipinski definition) is 4. The van der Waals surface area contributed by atoms with Gasteiger partial charge in [-0.15, -0.1) is 0 Å². The number of rotatable bonds is 7. The zero-order chi connectivity index (χ0) is 19.0. The summed E-state index contributed by atoms with van der Waals surface area (Å²) in [6, 6.07) is 10.6. The monoisotopic (exact) mass is 379 g/mol. The number of ketones is 1. The zero-order valence-corrected chi connectivity index (χ0v) is 16.4. The highest BCUT2D eigenvalue weighted by Gasteiger charge is 2.60. The molecule has 0 N–H and O–H groups in total. The van der Waals surface area contributed by atoms with Gasteiger partial charge >= 0.3 is 0 Å². The van der Waals surface area contributed by atoms with Crippen molar-refractivity contribution < 1.29 is 14.3 Å². The maximum absolute atomic E-state index is 12.0. The van der Waals surface area contributed by atoms with Crippen LogP contribution in [0.5, 0.6) is 0 Å². The van der Waals surface area contributed by atoms with Crippen LogP contribution < -0.4 is 0 Å². The first-order valence-electron chi connectivity index (χ1n) is 10.8. The number of allylic oxidation sites excluding steroid dienone is 2. The van der Waals surface area contributed by atoms with Gasteiger partial charge in [0, 0.05) is 37.4 Å². The van der Waals surface area contributed by atoms with Crippen LogP contribution in [0, 0.1) is 5.92 Å². The van der Waals surface area contributed by atoms with Crippen LogP contribution in [0.25, 0.3) is 0 Å². The van der Waals surface area contributed by atoms with E-state index in [-0.39, 0.29) is 11.9 Å². The average molecular weight is 380 g/mol. The molecule has 2 heterocycles. The summed E-state index contributed by atoms with van der Waals surface area (Å²) in [7, 11) is 0. The van der Waals surface area contributed by atoms with Crippen molar-refractivity contribution in [2.75, 3.05) is 19.7 Å². The Hall–Kier alpha value is -1.91. The molecule has 28 heavy (non-hydrogen) atoms. The zero-order valence-electron chi connectivity index (χ0n) is 16.4. The summed E-state index contributed by atoms with van der Waals surface area (Å²) in [5.74, 6) is 0.974. The lowest BCUT2D eigenvalue weighted by molar-refractivity contribution is -0.207. The molecule has 4 nitrogen and oxygen atoms in total. The summed E-state index contributed by atoms with van der Waals surface area (Å²) < 4.78 is 12.5. The topological polar surface area (TPSA) is 38.8 Å². The van der Waals surface area contributed by atoms with E-state index in [1.54, 1.807) is 0 Å². The van der Waals surface area contributed by atoms with Gasteiger partial charge in [-0.3, -0.25) is 4.79 Å². The van der Waals surface area contributed by atoms with Gasteiger partial charge in [0.05, 0.1) is 5.60 Å². The predicted molar refractivity (Wildman–Crippen MR) is 108 cm³/mol. The third-order valence-electron chi connectivity index (χ3n) is 6.73. The molecule has 5 rings (SSSR count). The number of ether oxygens (including phenoxy) is 2. The van der Waals surface area contributed by atoms with Crippen LogP contribution in [0.4, 0.5) is 0 Å². The van der Waals surface area contributed by atoms with Crippen molar-refractivity contribution in [1.29, 1.82) is 0 Å². The molecular weight excluding hydrogens is 350 g/mol. The minimum atomic E-state index is -0.0809. The van der Waals surface area contributed by atoms with E-state index in [1.165, 1.54) is 12.0 Å². The van der Waals surface area contributed by atoms with Gasteiger partial charge in [0.15, 0.2) is 12.1 Å². The van der Waals surface area contributed by atoms with E-state index in [4.69, 9.17) is 9.47 Å². The number of nitrogens with zero attached hydrogens (tertiary/aromatic N) is 1. The minimum Gasteiger partial charge on any atom is -0.371 e. The van der Waals surface area contributed by atoms with E-state index >= 15 is 0 Å². The quantitative estimate of drug-likeness (QED) is 0.661. The first-order chi connectivity index (χ1) is 13.8. The Balaban J connectivity index is 1.06. The van der Waals surface area contributed by atoms with Crippen LogP contribution in [-0.4, -0.2) is 36.7 Å². The summed E-state index contributed by atoms with van der Waals surface area (Å²) in [5, 5.41) is 0. The summed E-state index contributed by atoms with van der Waals surface area (Å²) in [6.45, 7) is 2.73. The maximum atomic E-state index is 12.0. The fourth-order valence-corrected chi connectivity index (χ4v) is 5.10. The van der Waals surface area contributed by atoms with Crippen LogP contribution in [0.3, 0.4) is 0 Å². The second-order valence-electron chi connectivity index (χ2n) is 8.49. The van der Waals surface area contributed by atoms with Gasteiger partial charge < -0.3 is 14.4 Å². The van der Waals surface area contributed by atoms with E-state index in [9.17, 15) is 4.79 Å². The molecule has 4 aliphatic rings. The molecular formula is C24H29NO3. The van der Waals surface area contributed by atoms with Crippen molar-refractivity contribution in [3.63, 3.8) is 0 Å². The summed E-state index contributed by atoms with van der Waals surface area (Å²) >= 11 is 0. The fraction of sp³-hybridized carbons (Fsp3) is 0.542. The lowest BCUT2D eigenvalue weighted by atomic mass is 10.0. The van der Waals surface area contributed by atoms with Gasteiger partial charge in [-0.1, -0.05) is 36.4 Å². The third-order valence-corrected chi connectivity index (χ3v) is 6.73. The second-order valence-corrected chi connectivity index (χ2v) is 8.49. The number of hydrogen-bond donors (Lipinski definition) is 0. The first kappa shape index (κ1) is 18.1. The fourth-order valence-electron chi connectivity index (χ4n) is 5.10. The molecule has 3 unspecified atom stereocenters. The molecule has 3 atom stereocenters. The molecule has 1 saturated heterocycles. The highest BCUT2D eigenvalue weighted by atomic mass is 16.7. The third kappa shape index (κ3) is 3.33. The van der Waals surface area contributed by atoms with E-state index < -0.39 is 0 Å². The predicted octanol–water partition coefficient (Wildman–Crippen LogP) is 4.32. The lowest BCUT2D eigenvalue weighted by Gasteiger charge is -2.30. The SMILES string of the molecule is O=C1CC=CC2=C1CCN2CCCCOC1CCC2CC2(c2ccccc2)O1. The molecule has 148 valence electrons. The van der Waals surface area contributed by atoms with Crippen molar-refractivity contribution >= 4 is 5.78 Å². The molecule has 4 heteroatoms. The van der Waals surface area contributed by atoms with Gasteiger partial charge in [0.1, 0.15) is 0 Å². The Kier molecular flexibility index (Phi) is 4.85. The normalized spacial score (nSPS) is 31.1. The van der Waals surface area contributed by atoms with Crippen LogP contribution in [-0.2, 0) is 19.9 Å². The highest BCUT2D eigenvalue weighted by Crippen LogP contribution is 2.60. The molecule has 1 saturated carbocycles. The standard InChI is InChI=1S/C24H29NO3/c26-22-10-6-9-21-20(22)13-15-25(21)14-4-5-16-27-23-12-11-19-17-24(19,28-23)18-7-2-1-3-8-18/h1-3,6-9,19,23H,4-5,10-17H2. The largest absolute Gasteiger partial charge is 0.371 e. The van der Waals surface area contributed by atoms with E-state index in [2.05, 4.69) is 41.3 Å². The molecule has 2 fully saturated rings. The molecule has 0 aromatic heterocycles. The average Bonchev–Trinajstić information content (AvgIpc) is 3.33. The van der Waals surface area contributed by atoms with Gasteiger partial charge in [0.25, 0.3) is 0 Å². The molecule has 2 aliphatic carbocycles. The Labute approximate surface area is 167 Å². The smallest absolute Gasteiger partial charge is 0.164 e. The number of benzene rings is 1. The molecule has 1 aromatic rings. The Morgan fingerprint density at radius 2 is 2.07 bits per heavy atom. The molecule has 0 spiro atoms. The summed E-state index contributed by atoms with van der Waals surface area (Å²) in [4.78, 5) is 14.3. The van der Waals surface area contributed by atoms with Crippen molar-refractivity contribution in [3.8, 4) is 0 Å². The Morgan fingerprint density at radius 1 is 1.18 bits per heavy atom. The molecule has 0 radical (unpaired) electrons. The lowest BCUT2D eigenvalue weighted by Crippen LogP contribution is -2.31. The van der Waals surface area contributed by atoms with Crippen molar-refractivity contribution in [3.05, 3.63) is 59.3 Å². The van der Waals surface area contributed by atoms with Gasteiger partial charge in [-0.05, 0) is 56.1 Å². The Bertz CT molecular complexity index is 799. The van der Waals surface area contributed by atoms with Gasteiger partial charge in [-0.2, -0.15) is 0 Å². The highest BCUT2D eigenvalue weighted by molar-refractivity contribution is 5.99. The minimum absolute atomic E-state index is 0.0704. The van der Waals surface area contributed by atoms with Crippen LogP contribution in [0.2, 0.25) is 0 Å². The molecule has 0 amide bonds. The van der Waals surface area contributed by atoms with E-state index in [1.807, 2.05) is 6.08 Å². The van der Waals surface area contributed by atoms with E-state index in [0.717, 1.165) is 63.1 Å². The Morgan fingerprint density at radius 3 is 2.96 bits per heavy atom. The summed E-state index contributed by atoms with van der Waals surface area (Å²) in [6.07, 6.45) is 11.0. The van der Waals surface area contributed by atoms with Crippen LogP contribution in [0.1, 0.15) is 50.5 Å². The number of Topliss-reactive ketones (excluding diaryl/α,β-unsaturated/α-hetero) is 1. The summed E-state index contributed by atoms with van der Waals surface area (Å²) in [5.41, 5.74) is 3.43. The van der Waals surface area contributed by atoms with Crippen molar-refractivity contribution in [2.45, 2.75) is 56.8 Å². The number of carbonyl (C=O) groups is 1. The van der Waals surface area contributed by atoms with Crippen molar-refractivity contribution in [1.82, 2.24) is 4.90 Å². The molecule has 1 aromatic carbocycles. The molecule has 2 aliphatic heterocycles.